The molecular formula is C23H19NO5. The monoisotopic (exact) mass is 389 g/mol. The Morgan fingerprint density at radius 2 is 1.31 bits per heavy atom. The molecule has 0 aliphatic heterocycles. The molecule has 0 aliphatic rings. The van der Waals surface area contributed by atoms with Crippen molar-refractivity contribution in [1.82, 2.24) is 4.90 Å². The van der Waals surface area contributed by atoms with Crippen molar-refractivity contribution in [3.8, 4) is 0 Å². The maximum absolute atomic E-state index is 12.9. The highest BCUT2D eigenvalue weighted by Gasteiger charge is 2.29. The molecule has 0 saturated carbocycles. The fraction of sp³-hybridized carbons (Fsp3) is 0.130. The Morgan fingerprint density at radius 3 is 1.83 bits per heavy atom. The molecule has 3 heterocycles. The van der Waals surface area contributed by atoms with Crippen LogP contribution in [0.4, 0.5) is 0 Å². The molecule has 6 heteroatoms. The van der Waals surface area contributed by atoms with Gasteiger partial charge in [-0.2, -0.15) is 0 Å². The van der Waals surface area contributed by atoms with Crippen LogP contribution in [0.25, 0.3) is 0 Å². The lowest BCUT2D eigenvalue weighted by Gasteiger charge is -2.22. The van der Waals surface area contributed by atoms with Crippen LogP contribution in [0.2, 0.25) is 0 Å². The molecule has 2 amide bonds. The summed E-state index contributed by atoms with van der Waals surface area (Å²) in [6.07, 6.45) is 4.90. The number of benzene rings is 1. The third kappa shape index (κ3) is 4.06. The van der Waals surface area contributed by atoms with Crippen LogP contribution < -0.4 is 0 Å². The van der Waals surface area contributed by atoms with Crippen molar-refractivity contribution in [2.24, 2.45) is 0 Å². The fourth-order valence-corrected chi connectivity index (χ4v) is 3.27. The number of furan rings is 3. The minimum absolute atomic E-state index is 0.0964. The summed E-state index contributed by atoms with van der Waals surface area (Å²) in [4.78, 5) is 27.0. The summed E-state index contributed by atoms with van der Waals surface area (Å²) in [5.41, 5.74) is 1.04. The zero-order valence-electron chi connectivity index (χ0n) is 15.6. The van der Waals surface area contributed by atoms with Crippen molar-refractivity contribution in [2.45, 2.75) is 12.3 Å². The lowest BCUT2D eigenvalue weighted by Crippen LogP contribution is -2.38. The summed E-state index contributed by atoms with van der Waals surface area (Å²) in [6, 6.07) is 19.8. The maximum Gasteiger partial charge on any atom is 0.296 e. The third-order valence-electron chi connectivity index (χ3n) is 4.68. The minimum atomic E-state index is -0.511. The smallest absolute Gasteiger partial charge is 0.296 e. The lowest BCUT2D eigenvalue weighted by molar-refractivity contribution is 0.0573. The van der Waals surface area contributed by atoms with Crippen LogP contribution in [-0.4, -0.2) is 23.3 Å². The second kappa shape index (κ2) is 8.48. The van der Waals surface area contributed by atoms with Crippen molar-refractivity contribution in [3.63, 3.8) is 0 Å². The number of nitrogens with zero attached hydrogens (tertiary/aromatic N) is 1. The molecule has 3 aromatic heterocycles. The minimum Gasteiger partial charge on any atom is -0.469 e. The molecule has 0 spiro atoms. The number of carbonyl (C=O) groups excluding carboxylic acids is 2. The van der Waals surface area contributed by atoms with E-state index in [1.807, 2.05) is 42.5 Å². The van der Waals surface area contributed by atoms with Crippen LogP contribution >= 0.6 is 0 Å². The predicted molar refractivity (Wildman–Crippen MR) is 104 cm³/mol. The Balaban J connectivity index is 1.61. The van der Waals surface area contributed by atoms with E-state index in [2.05, 4.69) is 0 Å². The van der Waals surface area contributed by atoms with Gasteiger partial charge in [0.05, 0.1) is 18.8 Å². The van der Waals surface area contributed by atoms with E-state index in [1.54, 1.807) is 18.4 Å². The van der Waals surface area contributed by atoms with Gasteiger partial charge in [-0.3, -0.25) is 14.5 Å². The van der Waals surface area contributed by atoms with Gasteiger partial charge in [0, 0.05) is 12.5 Å². The molecule has 146 valence electrons. The Morgan fingerprint density at radius 1 is 0.724 bits per heavy atom. The average Bonchev–Trinajstić information content (AvgIpc) is 3.53. The highest BCUT2D eigenvalue weighted by molar-refractivity contribution is 6.08. The molecule has 0 aliphatic carbocycles. The van der Waals surface area contributed by atoms with Crippen molar-refractivity contribution in [1.29, 1.82) is 0 Å². The van der Waals surface area contributed by atoms with Gasteiger partial charge in [0.2, 0.25) is 0 Å². The number of rotatable bonds is 7. The summed E-state index contributed by atoms with van der Waals surface area (Å²) in [6.45, 7) is 0.166. The summed E-state index contributed by atoms with van der Waals surface area (Å²) in [5.74, 6) is -0.168. The van der Waals surface area contributed by atoms with Crippen LogP contribution in [-0.2, 0) is 0 Å². The SMILES string of the molecule is O=C(c1ccco1)N(CC[C@H](c1ccccc1)c1ccco1)C(=O)c1ccco1. The highest BCUT2D eigenvalue weighted by Crippen LogP contribution is 2.29. The van der Waals surface area contributed by atoms with Gasteiger partial charge in [0.25, 0.3) is 11.8 Å². The van der Waals surface area contributed by atoms with E-state index in [-0.39, 0.29) is 24.0 Å². The normalized spacial score (nSPS) is 11.9. The molecule has 0 fully saturated rings. The molecule has 1 atom stereocenters. The van der Waals surface area contributed by atoms with E-state index in [4.69, 9.17) is 13.3 Å². The molecule has 1 aromatic carbocycles. The van der Waals surface area contributed by atoms with Crippen LogP contribution in [0, 0.1) is 0 Å². The van der Waals surface area contributed by atoms with Crippen molar-refractivity contribution in [2.75, 3.05) is 6.54 Å². The average molecular weight is 389 g/mol. The molecule has 0 saturated heterocycles. The molecule has 6 nitrogen and oxygen atoms in total. The predicted octanol–water partition coefficient (Wildman–Crippen LogP) is 4.97. The van der Waals surface area contributed by atoms with Gasteiger partial charge in [-0.1, -0.05) is 30.3 Å². The van der Waals surface area contributed by atoms with Crippen molar-refractivity contribution in [3.05, 3.63) is 108 Å². The zero-order valence-corrected chi connectivity index (χ0v) is 15.6. The molecule has 4 aromatic rings. The van der Waals surface area contributed by atoms with Gasteiger partial charge in [0.15, 0.2) is 11.5 Å². The fourth-order valence-electron chi connectivity index (χ4n) is 3.27. The van der Waals surface area contributed by atoms with Gasteiger partial charge < -0.3 is 13.3 Å². The van der Waals surface area contributed by atoms with Gasteiger partial charge in [0.1, 0.15) is 5.76 Å². The molecule has 0 unspecified atom stereocenters. The molecule has 0 N–H and O–H groups in total. The van der Waals surface area contributed by atoms with E-state index >= 15 is 0 Å². The molecule has 4 rings (SSSR count). The Bertz CT molecular complexity index is 988. The standard InChI is InChI=1S/C23H19NO5/c25-22(20-10-5-15-28-20)24(23(26)21-11-6-16-29-21)13-12-18(19-9-4-14-27-19)17-7-2-1-3-8-17/h1-11,14-16,18H,12-13H2/t18-/m1/s1. The van der Waals surface area contributed by atoms with Gasteiger partial charge in [-0.05, 0) is 48.4 Å². The van der Waals surface area contributed by atoms with E-state index in [0.717, 1.165) is 16.2 Å². The van der Waals surface area contributed by atoms with E-state index in [0.29, 0.717) is 6.42 Å². The number of hydrogen-bond donors (Lipinski definition) is 0. The van der Waals surface area contributed by atoms with Crippen LogP contribution in [0.1, 0.15) is 44.8 Å². The van der Waals surface area contributed by atoms with Crippen molar-refractivity contribution >= 4 is 11.8 Å². The van der Waals surface area contributed by atoms with Crippen molar-refractivity contribution < 1.29 is 22.8 Å². The molecule has 0 bridgehead atoms. The summed E-state index contributed by atoms with van der Waals surface area (Å²) < 4.78 is 16.1. The second-order valence-corrected chi connectivity index (χ2v) is 6.48. The third-order valence-corrected chi connectivity index (χ3v) is 4.68. The number of hydrogen-bond acceptors (Lipinski definition) is 5. The first-order chi connectivity index (χ1) is 14.2. The first kappa shape index (κ1) is 18.6. The Labute approximate surface area is 167 Å². The zero-order chi connectivity index (χ0) is 20.1. The largest absolute Gasteiger partial charge is 0.469 e. The maximum atomic E-state index is 12.9. The van der Waals surface area contributed by atoms with E-state index in [9.17, 15) is 9.59 Å². The van der Waals surface area contributed by atoms with E-state index in [1.165, 1.54) is 24.7 Å². The Kier molecular flexibility index (Phi) is 5.42. The number of carbonyl (C=O) groups is 2. The summed E-state index contributed by atoms with van der Waals surface area (Å²) in [7, 11) is 0. The van der Waals surface area contributed by atoms with Gasteiger partial charge >= 0.3 is 0 Å². The van der Waals surface area contributed by atoms with Gasteiger partial charge in [-0.15, -0.1) is 0 Å². The van der Waals surface area contributed by atoms with Crippen LogP contribution in [0.15, 0.2) is 98.8 Å². The first-order valence-electron chi connectivity index (χ1n) is 9.25. The van der Waals surface area contributed by atoms with E-state index < -0.39 is 11.8 Å². The Hall–Kier alpha value is -3.80. The van der Waals surface area contributed by atoms with Crippen LogP contribution in [0.5, 0.6) is 0 Å². The second-order valence-electron chi connectivity index (χ2n) is 6.48. The topological polar surface area (TPSA) is 76.8 Å². The quantitative estimate of drug-likeness (QED) is 0.417. The molecule has 29 heavy (non-hydrogen) atoms. The van der Waals surface area contributed by atoms with Gasteiger partial charge in [-0.25, -0.2) is 0 Å². The number of amides is 2. The number of imide groups is 1. The summed E-state index contributed by atoms with van der Waals surface area (Å²) in [5, 5.41) is 0. The molecular weight excluding hydrogens is 370 g/mol. The summed E-state index contributed by atoms with van der Waals surface area (Å²) >= 11 is 0. The van der Waals surface area contributed by atoms with Crippen LogP contribution in [0.3, 0.4) is 0 Å². The molecule has 0 radical (unpaired) electrons. The highest BCUT2D eigenvalue weighted by atomic mass is 16.3. The lowest BCUT2D eigenvalue weighted by atomic mass is 9.93. The first-order valence-corrected chi connectivity index (χ1v) is 9.25.